The number of anilines is 1. The van der Waals surface area contributed by atoms with Crippen molar-refractivity contribution in [2.24, 2.45) is 0 Å². The van der Waals surface area contributed by atoms with Crippen LogP contribution in [0.1, 0.15) is 16.8 Å². The molecule has 0 radical (unpaired) electrons. The van der Waals surface area contributed by atoms with Crippen LogP contribution in [-0.2, 0) is 4.74 Å². The predicted molar refractivity (Wildman–Crippen MR) is 95.5 cm³/mol. The zero-order valence-corrected chi connectivity index (χ0v) is 14.6. The molecule has 0 aliphatic carbocycles. The second kappa shape index (κ2) is 7.73. The number of rotatable bonds is 5. The van der Waals surface area contributed by atoms with Crippen molar-refractivity contribution < 1.29 is 23.0 Å². The molecule has 0 spiro atoms. The zero-order valence-electron chi connectivity index (χ0n) is 14.6. The zero-order chi connectivity index (χ0) is 19.5. The number of nitrogens with zero attached hydrogens (tertiary/aromatic N) is 3. The summed E-state index contributed by atoms with van der Waals surface area (Å²) in [4.78, 5) is 16.6. The lowest BCUT2D eigenvalue weighted by Crippen LogP contribution is -2.17. The summed E-state index contributed by atoms with van der Waals surface area (Å²) in [7, 11) is 0. The minimum absolute atomic E-state index is 0.0406. The number of nitrogens with one attached hydrogen (secondary N) is 1. The molecule has 3 aromatic rings. The second-order valence-electron chi connectivity index (χ2n) is 6.21. The van der Waals surface area contributed by atoms with Crippen molar-refractivity contribution in [2.45, 2.75) is 12.5 Å². The fourth-order valence-corrected chi connectivity index (χ4v) is 2.77. The number of halogens is 2. The number of hydrogen-bond acceptors (Lipinski definition) is 5. The summed E-state index contributed by atoms with van der Waals surface area (Å²) < 4.78 is 39.1. The Morgan fingerprint density at radius 2 is 2.18 bits per heavy atom. The van der Waals surface area contributed by atoms with Crippen LogP contribution < -0.4 is 10.1 Å². The molecule has 0 saturated carbocycles. The Balaban J connectivity index is 1.46. The molecule has 7 nitrogen and oxygen atoms in total. The van der Waals surface area contributed by atoms with Crippen LogP contribution >= 0.6 is 0 Å². The monoisotopic (exact) mass is 386 g/mol. The lowest BCUT2D eigenvalue weighted by Gasteiger charge is -2.11. The highest BCUT2D eigenvalue weighted by atomic mass is 19.1. The van der Waals surface area contributed by atoms with Crippen molar-refractivity contribution in [1.29, 1.82) is 0 Å². The number of carbonyl (C=O) groups is 1. The molecule has 1 amide bonds. The summed E-state index contributed by atoms with van der Waals surface area (Å²) in [5.41, 5.74) is 0.751. The molecule has 9 heteroatoms. The molecule has 1 aliphatic rings. The molecule has 1 fully saturated rings. The van der Waals surface area contributed by atoms with Crippen molar-refractivity contribution in [3.05, 3.63) is 66.1 Å². The van der Waals surface area contributed by atoms with Crippen molar-refractivity contribution in [3.8, 4) is 11.6 Å². The van der Waals surface area contributed by atoms with Gasteiger partial charge in [-0.1, -0.05) is 0 Å². The summed E-state index contributed by atoms with van der Waals surface area (Å²) in [6.07, 6.45) is 4.92. The van der Waals surface area contributed by atoms with E-state index in [0.29, 0.717) is 24.8 Å². The number of aromatic nitrogens is 3. The average molecular weight is 386 g/mol. The third-order valence-corrected chi connectivity index (χ3v) is 4.17. The average Bonchev–Trinajstić information content (AvgIpc) is 3.34. The van der Waals surface area contributed by atoms with E-state index in [1.807, 2.05) is 0 Å². The van der Waals surface area contributed by atoms with Gasteiger partial charge >= 0.3 is 0 Å². The van der Waals surface area contributed by atoms with Crippen molar-refractivity contribution >= 4 is 11.6 Å². The van der Waals surface area contributed by atoms with Crippen LogP contribution in [0, 0.1) is 11.6 Å². The lowest BCUT2D eigenvalue weighted by molar-refractivity contribution is 0.102. The van der Waals surface area contributed by atoms with Crippen LogP contribution in [0.4, 0.5) is 14.5 Å². The van der Waals surface area contributed by atoms with Crippen LogP contribution in [0.5, 0.6) is 5.88 Å². The van der Waals surface area contributed by atoms with Gasteiger partial charge in [-0.05, 0) is 18.2 Å². The van der Waals surface area contributed by atoms with Gasteiger partial charge in [0, 0.05) is 36.6 Å². The number of ether oxygens (including phenoxy) is 2. The first kappa shape index (κ1) is 18.1. The molecule has 2 aromatic heterocycles. The van der Waals surface area contributed by atoms with E-state index in [-0.39, 0.29) is 17.4 Å². The summed E-state index contributed by atoms with van der Waals surface area (Å²) in [6, 6.07) is 6.36. The Morgan fingerprint density at radius 1 is 1.29 bits per heavy atom. The predicted octanol–water partition coefficient (Wildman–Crippen LogP) is 2.97. The first-order valence-corrected chi connectivity index (χ1v) is 8.60. The molecule has 1 aromatic carbocycles. The molecular formula is C19H16F2N4O3. The van der Waals surface area contributed by atoms with Crippen molar-refractivity contribution in [2.75, 3.05) is 18.5 Å². The molecule has 1 saturated heterocycles. The standard InChI is InChI=1S/C19H16F2N4O3/c20-13-1-2-17(16(21)7-13)25-10-12(9-23-25)19(26)24-14-3-5-22-18(8-14)28-15-4-6-27-11-15/h1-3,5,7-10,15H,4,6,11H2,(H,22,24,26)/t15-/m1/s1. The van der Waals surface area contributed by atoms with Gasteiger partial charge in [0.25, 0.3) is 5.91 Å². The molecule has 1 N–H and O–H groups in total. The highest BCUT2D eigenvalue weighted by Crippen LogP contribution is 2.19. The number of hydrogen-bond donors (Lipinski definition) is 1. The van der Waals surface area contributed by atoms with E-state index in [1.54, 1.807) is 12.1 Å². The first-order valence-electron chi connectivity index (χ1n) is 8.60. The van der Waals surface area contributed by atoms with Crippen molar-refractivity contribution in [1.82, 2.24) is 14.8 Å². The van der Waals surface area contributed by atoms with Crippen LogP contribution in [0.25, 0.3) is 5.69 Å². The third-order valence-electron chi connectivity index (χ3n) is 4.17. The van der Waals surface area contributed by atoms with E-state index in [0.717, 1.165) is 18.6 Å². The maximum absolute atomic E-state index is 13.9. The van der Waals surface area contributed by atoms with E-state index in [1.165, 1.54) is 29.3 Å². The van der Waals surface area contributed by atoms with Crippen LogP contribution in [0.3, 0.4) is 0 Å². The maximum atomic E-state index is 13.9. The van der Waals surface area contributed by atoms with Crippen molar-refractivity contribution in [3.63, 3.8) is 0 Å². The summed E-state index contributed by atoms with van der Waals surface area (Å²) >= 11 is 0. The molecule has 0 unspecified atom stereocenters. The molecule has 1 atom stereocenters. The normalized spacial score (nSPS) is 16.1. The molecule has 1 aliphatic heterocycles. The number of amides is 1. The van der Waals surface area contributed by atoms with Gasteiger partial charge in [0.1, 0.15) is 17.6 Å². The minimum atomic E-state index is -0.776. The summed E-state index contributed by atoms with van der Waals surface area (Å²) in [6.45, 7) is 1.16. The van der Waals surface area contributed by atoms with E-state index in [4.69, 9.17) is 9.47 Å². The smallest absolute Gasteiger partial charge is 0.258 e. The Hall–Kier alpha value is -3.33. The van der Waals surface area contributed by atoms with Crippen LogP contribution in [0.15, 0.2) is 48.9 Å². The van der Waals surface area contributed by atoms with Gasteiger partial charge in [0.2, 0.25) is 5.88 Å². The summed E-state index contributed by atoms with van der Waals surface area (Å²) in [5, 5.41) is 6.68. The summed E-state index contributed by atoms with van der Waals surface area (Å²) in [5.74, 6) is -1.51. The Labute approximate surface area is 158 Å². The quantitative estimate of drug-likeness (QED) is 0.730. The first-order chi connectivity index (χ1) is 13.6. The highest BCUT2D eigenvalue weighted by molar-refractivity contribution is 6.04. The molecular weight excluding hydrogens is 370 g/mol. The maximum Gasteiger partial charge on any atom is 0.258 e. The molecule has 28 heavy (non-hydrogen) atoms. The molecule has 3 heterocycles. The van der Waals surface area contributed by atoms with Gasteiger partial charge in [-0.2, -0.15) is 5.10 Å². The molecule has 0 bridgehead atoms. The van der Waals surface area contributed by atoms with Gasteiger partial charge in [0.15, 0.2) is 5.82 Å². The van der Waals surface area contributed by atoms with Crippen LogP contribution in [0.2, 0.25) is 0 Å². The van der Waals surface area contributed by atoms with E-state index >= 15 is 0 Å². The topological polar surface area (TPSA) is 78.3 Å². The third kappa shape index (κ3) is 3.99. The lowest BCUT2D eigenvalue weighted by atomic mass is 10.3. The van der Waals surface area contributed by atoms with Gasteiger partial charge in [-0.15, -0.1) is 0 Å². The second-order valence-corrected chi connectivity index (χ2v) is 6.21. The Kier molecular flexibility index (Phi) is 4.98. The number of benzene rings is 1. The fraction of sp³-hybridized carbons (Fsp3) is 0.211. The highest BCUT2D eigenvalue weighted by Gasteiger charge is 2.18. The van der Waals surface area contributed by atoms with Crippen LogP contribution in [-0.4, -0.2) is 40.0 Å². The van der Waals surface area contributed by atoms with E-state index in [9.17, 15) is 13.6 Å². The Bertz CT molecular complexity index is 1000. The minimum Gasteiger partial charge on any atom is -0.472 e. The van der Waals surface area contributed by atoms with E-state index < -0.39 is 17.5 Å². The number of pyridine rings is 1. The fourth-order valence-electron chi connectivity index (χ4n) is 2.77. The molecule has 4 rings (SSSR count). The number of carbonyl (C=O) groups excluding carboxylic acids is 1. The Morgan fingerprint density at radius 3 is 2.96 bits per heavy atom. The van der Waals surface area contributed by atoms with E-state index in [2.05, 4.69) is 15.4 Å². The SMILES string of the molecule is O=C(Nc1ccnc(O[C@@H]2CCOC2)c1)c1cnn(-c2ccc(F)cc2F)c1. The largest absolute Gasteiger partial charge is 0.472 e. The molecule has 144 valence electrons. The van der Waals surface area contributed by atoms with Gasteiger partial charge in [0.05, 0.1) is 25.0 Å². The van der Waals surface area contributed by atoms with Gasteiger partial charge < -0.3 is 14.8 Å². The van der Waals surface area contributed by atoms with Gasteiger partial charge in [-0.25, -0.2) is 18.4 Å². The van der Waals surface area contributed by atoms with Gasteiger partial charge in [-0.3, -0.25) is 4.79 Å².